The highest BCUT2D eigenvalue weighted by atomic mass is 35.5. The Morgan fingerprint density at radius 2 is 1.82 bits per heavy atom. The van der Waals surface area contributed by atoms with Crippen molar-refractivity contribution in [1.82, 2.24) is 0 Å². The molecule has 0 aliphatic heterocycles. The van der Waals surface area contributed by atoms with Gasteiger partial charge >= 0.3 is 0 Å². The molecule has 0 fully saturated rings. The molecule has 1 aromatic rings. The first kappa shape index (κ1) is 8.28. The van der Waals surface area contributed by atoms with Crippen LogP contribution in [0.5, 0.6) is 0 Å². The molecule has 1 rings (SSSR count). The van der Waals surface area contributed by atoms with Crippen molar-refractivity contribution in [2.45, 2.75) is 6.92 Å². The Labute approximate surface area is 70.3 Å². The normalized spacial score (nSPS) is 12.6. The first-order chi connectivity index (χ1) is 5.22. The number of hydrogen-bond donors (Lipinski definition) is 0. The van der Waals surface area contributed by atoms with Crippen molar-refractivity contribution < 1.29 is 4.39 Å². The average Bonchev–Trinajstić information content (AvgIpc) is 2.05. The van der Waals surface area contributed by atoms with E-state index < -0.39 is 0 Å². The summed E-state index contributed by atoms with van der Waals surface area (Å²) in [6.45, 7) is 1.53. The van der Waals surface area contributed by atoms with Crippen LogP contribution >= 0.6 is 11.6 Å². The van der Waals surface area contributed by atoms with Gasteiger partial charge in [-0.3, -0.25) is 0 Å². The van der Waals surface area contributed by atoms with E-state index in [1.807, 2.05) is 6.07 Å². The zero-order chi connectivity index (χ0) is 8.27. The van der Waals surface area contributed by atoms with Gasteiger partial charge in [0.15, 0.2) is 0 Å². The van der Waals surface area contributed by atoms with E-state index in [-0.39, 0.29) is 10.9 Å². The summed E-state index contributed by atoms with van der Waals surface area (Å²) in [6.07, 6.45) is 0. The minimum Gasteiger partial charge on any atom is -0.205 e. The van der Waals surface area contributed by atoms with Gasteiger partial charge in [0.05, 0.1) is 5.03 Å². The van der Waals surface area contributed by atoms with Crippen LogP contribution in [0.15, 0.2) is 35.4 Å². The minimum atomic E-state index is -0.354. The first-order valence-corrected chi connectivity index (χ1v) is 3.67. The van der Waals surface area contributed by atoms with Gasteiger partial charge in [0.1, 0.15) is 5.83 Å². The van der Waals surface area contributed by atoms with Crippen LogP contribution in [0.25, 0.3) is 5.83 Å². The van der Waals surface area contributed by atoms with Crippen molar-refractivity contribution in [2.24, 2.45) is 0 Å². The van der Waals surface area contributed by atoms with Gasteiger partial charge in [0, 0.05) is 5.56 Å². The van der Waals surface area contributed by atoms with E-state index in [9.17, 15) is 4.39 Å². The highest BCUT2D eigenvalue weighted by Crippen LogP contribution is 2.21. The highest BCUT2D eigenvalue weighted by Gasteiger charge is 2.00. The van der Waals surface area contributed by atoms with Gasteiger partial charge in [-0.15, -0.1) is 0 Å². The molecule has 0 radical (unpaired) electrons. The first-order valence-electron chi connectivity index (χ1n) is 3.29. The Morgan fingerprint density at radius 1 is 1.27 bits per heavy atom. The lowest BCUT2D eigenvalue weighted by Gasteiger charge is -1.96. The summed E-state index contributed by atoms with van der Waals surface area (Å²) in [6, 6.07) is 8.74. The molecule has 0 atom stereocenters. The van der Waals surface area contributed by atoms with Gasteiger partial charge in [-0.1, -0.05) is 41.9 Å². The highest BCUT2D eigenvalue weighted by molar-refractivity contribution is 6.31. The molecule has 0 aliphatic carbocycles. The van der Waals surface area contributed by atoms with Crippen molar-refractivity contribution in [3.8, 4) is 0 Å². The summed E-state index contributed by atoms with van der Waals surface area (Å²) >= 11 is 5.47. The molecule has 0 saturated carbocycles. The molecular weight excluding hydrogens is 163 g/mol. The van der Waals surface area contributed by atoms with Crippen LogP contribution in [0.4, 0.5) is 4.39 Å². The quantitative estimate of drug-likeness (QED) is 0.604. The minimum absolute atomic E-state index is 0.191. The standard InChI is InChI=1S/C9H8ClF/c1-7(10)9(11)8-5-3-2-4-6-8/h2-6H,1H3. The Morgan fingerprint density at radius 3 is 2.27 bits per heavy atom. The van der Waals surface area contributed by atoms with E-state index in [1.165, 1.54) is 6.92 Å². The van der Waals surface area contributed by atoms with Crippen LogP contribution in [-0.4, -0.2) is 0 Å². The smallest absolute Gasteiger partial charge is 0.144 e. The SMILES string of the molecule is CC(Cl)=C(F)c1ccccc1. The fraction of sp³-hybridized carbons (Fsp3) is 0.111. The second-order valence-electron chi connectivity index (χ2n) is 2.21. The molecule has 2 heteroatoms. The fourth-order valence-electron chi connectivity index (χ4n) is 0.783. The molecule has 0 aliphatic rings. The molecule has 58 valence electrons. The van der Waals surface area contributed by atoms with E-state index in [0.29, 0.717) is 5.56 Å². The molecule has 0 nitrogen and oxygen atoms in total. The summed E-state index contributed by atoms with van der Waals surface area (Å²) in [7, 11) is 0. The summed E-state index contributed by atoms with van der Waals surface area (Å²) in [5.41, 5.74) is 0.528. The zero-order valence-electron chi connectivity index (χ0n) is 6.14. The molecule has 1 aromatic carbocycles. The Bertz CT molecular complexity index is 260. The van der Waals surface area contributed by atoms with Gasteiger partial charge in [-0.2, -0.15) is 0 Å². The van der Waals surface area contributed by atoms with Crippen molar-refractivity contribution in [3.63, 3.8) is 0 Å². The third-order valence-electron chi connectivity index (χ3n) is 1.33. The van der Waals surface area contributed by atoms with E-state index in [2.05, 4.69) is 0 Å². The molecule has 0 saturated heterocycles. The maximum absolute atomic E-state index is 13.0. The second kappa shape index (κ2) is 3.54. The maximum Gasteiger partial charge on any atom is 0.144 e. The zero-order valence-corrected chi connectivity index (χ0v) is 6.90. The van der Waals surface area contributed by atoms with Crippen molar-refractivity contribution in [3.05, 3.63) is 40.9 Å². The van der Waals surface area contributed by atoms with Crippen LogP contribution < -0.4 is 0 Å². The predicted octanol–water partition coefficient (Wildman–Crippen LogP) is 3.58. The topological polar surface area (TPSA) is 0 Å². The van der Waals surface area contributed by atoms with Crippen LogP contribution in [0.2, 0.25) is 0 Å². The summed E-state index contributed by atoms with van der Waals surface area (Å²) in [5.74, 6) is -0.354. The Hall–Kier alpha value is -0.820. The largest absolute Gasteiger partial charge is 0.205 e. The second-order valence-corrected chi connectivity index (χ2v) is 2.78. The Balaban J connectivity index is 3.04. The molecule has 0 N–H and O–H groups in total. The summed E-state index contributed by atoms with van der Waals surface area (Å²) < 4.78 is 13.0. The average molecular weight is 171 g/mol. The van der Waals surface area contributed by atoms with Crippen molar-refractivity contribution in [2.75, 3.05) is 0 Å². The number of halogens is 2. The maximum atomic E-state index is 13.0. The van der Waals surface area contributed by atoms with Gasteiger partial charge in [0.25, 0.3) is 0 Å². The van der Waals surface area contributed by atoms with Gasteiger partial charge < -0.3 is 0 Å². The predicted molar refractivity (Wildman–Crippen MR) is 46.0 cm³/mol. The molecule has 0 amide bonds. The molecular formula is C9H8ClF. The molecule has 0 heterocycles. The van der Waals surface area contributed by atoms with Crippen LogP contribution in [0.1, 0.15) is 12.5 Å². The number of hydrogen-bond acceptors (Lipinski definition) is 0. The van der Waals surface area contributed by atoms with Crippen LogP contribution in [0, 0.1) is 0 Å². The Kier molecular flexibility index (Phi) is 2.66. The van der Waals surface area contributed by atoms with Crippen molar-refractivity contribution in [1.29, 1.82) is 0 Å². The van der Waals surface area contributed by atoms with Gasteiger partial charge in [-0.25, -0.2) is 4.39 Å². The third-order valence-corrected chi connectivity index (χ3v) is 1.50. The van der Waals surface area contributed by atoms with E-state index in [4.69, 9.17) is 11.6 Å². The number of benzene rings is 1. The van der Waals surface area contributed by atoms with Gasteiger partial charge in [-0.05, 0) is 6.92 Å². The lowest BCUT2D eigenvalue weighted by atomic mass is 10.2. The van der Waals surface area contributed by atoms with Crippen molar-refractivity contribution >= 4 is 17.4 Å². The molecule has 0 spiro atoms. The number of rotatable bonds is 1. The van der Waals surface area contributed by atoms with E-state index in [0.717, 1.165) is 0 Å². The monoisotopic (exact) mass is 170 g/mol. The molecule has 11 heavy (non-hydrogen) atoms. The van der Waals surface area contributed by atoms with Crippen LogP contribution in [0.3, 0.4) is 0 Å². The summed E-state index contributed by atoms with van der Waals surface area (Å²) in [4.78, 5) is 0. The fourth-order valence-corrected chi connectivity index (χ4v) is 0.892. The molecule has 0 bridgehead atoms. The third kappa shape index (κ3) is 2.05. The lowest BCUT2D eigenvalue weighted by Crippen LogP contribution is -1.76. The molecule has 0 aromatic heterocycles. The van der Waals surface area contributed by atoms with E-state index >= 15 is 0 Å². The van der Waals surface area contributed by atoms with E-state index in [1.54, 1.807) is 24.3 Å². The van der Waals surface area contributed by atoms with Crippen LogP contribution in [-0.2, 0) is 0 Å². The molecule has 0 unspecified atom stereocenters. The lowest BCUT2D eigenvalue weighted by molar-refractivity contribution is 0.756. The summed E-state index contributed by atoms with van der Waals surface area (Å²) in [5, 5.41) is 0.191. The number of allylic oxidation sites excluding steroid dienone is 1. The van der Waals surface area contributed by atoms with Gasteiger partial charge in [0.2, 0.25) is 0 Å².